The zero-order chi connectivity index (χ0) is 21.5. The van der Waals surface area contributed by atoms with E-state index >= 15 is 0 Å². The van der Waals surface area contributed by atoms with Gasteiger partial charge in [0.2, 0.25) is 10.0 Å². The van der Waals surface area contributed by atoms with Crippen LogP contribution in [-0.2, 0) is 19.6 Å². The molecule has 2 aromatic rings. The fraction of sp³-hybridized carbons (Fsp3) is 0.250. The molecule has 0 N–H and O–H groups in total. The quantitative estimate of drug-likeness (QED) is 0.513. The Kier molecular flexibility index (Phi) is 5.35. The second-order valence-corrected chi connectivity index (χ2v) is 9.23. The topological polar surface area (TPSA) is 101 Å². The van der Waals surface area contributed by atoms with Crippen LogP contribution < -0.4 is 0 Å². The van der Waals surface area contributed by atoms with Crippen molar-refractivity contribution in [3.8, 4) is 0 Å². The third kappa shape index (κ3) is 3.49. The highest BCUT2D eigenvalue weighted by Gasteiger charge is 2.42. The first-order valence-corrected chi connectivity index (χ1v) is 11.0. The standard InChI is InChI=1S/C20H17ClN2O6S/c21-13-7-9-14(10-8-13)30(27,28)23-11-3-6-17(23)20(26)29-12-22-18(24)15-4-1-2-5-16(15)19(22)25/h1-2,4-5,7-10,17H,3,6,11-12H2/t17-/m1/s1. The molecule has 2 heterocycles. The lowest BCUT2D eigenvalue weighted by Crippen LogP contribution is -2.43. The zero-order valence-corrected chi connectivity index (χ0v) is 17.2. The number of carbonyl (C=O) groups is 3. The minimum absolute atomic E-state index is 0.0203. The monoisotopic (exact) mass is 448 g/mol. The van der Waals surface area contributed by atoms with E-state index in [1.54, 1.807) is 12.1 Å². The van der Waals surface area contributed by atoms with E-state index in [1.807, 2.05) is 0 Å². The Labute approximate surface area is 178 Å². The Morgan fingerprint density at radius 1 is 1.03 bits per heavy atom. The van der Waals surface area contributed by atoms with E-state index in [0.29, 0.717) is 11.4 Å². The molecule has 2 aliphatic heterocycles. The lowest BCUT2D eigenvalue weighted by Gasteiger charge is -2.23. The van der Waals surface area contributed by atoms with E-state index in [9.17, 15) is 22.8 Å². The number of hydrogen-bond acceptors (Lipinski definition) is 6. The predicted molar refractivity (Wildman–Crippen MR) is 106 cm³/mol. The van der Waals surface area contributed by atoms with E-state index in [0.717, 1.165) is 9.21 Å². The number of sulfonamides is 1. The van der Waals surface area contributed by atoms with Crippen molar-refractivity contribution in [3.63, 3.8) is 0 Å². The van der Waals surface area contributed by atoms with Crippen molar-refractivity contribution in [1.29, 1.82) is 0 Å². The minimum atomic E-state index is -3.93. The number of fused-ring (bicyclic) bond motifs is 1. The van der Waals surface area contributed by atoms with Gasteiger partial charge in [0, 0.05) is 11.6 Å². The van der Waals surface area contributed by atoms with Crippen LogP contribution in [0.5, 0.6) is 0 Å². The highest BCUT2D eigenvalue weighted by Crippen LogP contribution is 2.28. The van der Waals surface area contributed by atoms with Crippen LogP contribution in [0.2, 0.25) is 5.02 Å². The van der Waals surface area contributed by atoms with E-state index in [4.69, 9.17) is 16.3 Å². The number of amides is 2. The van der Waals surface area contributed by atoms with E-state index in [1.165, 1.54) is 36.4 Å². The molecule has 1 saturated heterocycles. The maximum Gasteiger partial charge on any atom is 0.326 e. The van der Waals surface area contributed by atoms with Crippen LogP contribution >= 0.6 is 11.6 Å². The van der Waals surface area contributed by atoms with Gasteiger partial charge in [-0.3, -0.25) is 14.4 Å². The Bertz CT molecular complexity index is 1100. The molecule has 1 atom stereocenters. The van der Waals surface area contributed by atoms with E-state index < -0.39 is 40.6 Å². The van der Waals surface area contributed by atoms with E-state index in [2.05, 4.69) is 0 Å². The van der Waals surface area contributed by atoms with Crippen molar-refractivity contribution < 1.29 is 27.5 Å². The number of carbonyl (C=O) groups excluding carboxylic acids is 3. The van der Waals surface area contributed by atoms with Crippen LogP contribution in [-0.4, -0.2) is 54.7 Å². The smallest absolute Gasteiger partial charge is 0.326 e. The summed E-state index contributed by atoms with van der Waals surface area (Å²) in [5.74, 6) is -1.91. The van der Waals surface area contributed by atoms with Gasteiger partial charge in [-0.2, -0.15) is 4.31 Å². The summed E-state index contributed by atoms with van der Waals surface area (Å²) in [6.07, 6.45) is 0.771. The van der Waals surface area contributed by atoms with Crippen molar-refractivity contribution in [1.82, 2.24) is 9.21 Å². The van der Waals surface area contributed by atoms with Gasteiger partial charge in [0.15, 0.2) is 6.73 Å². The number of benzene rings is 2. The van der Waals surface area contributed by atoms with Crippen LogP contribution in [0.25, 0.3) is 0 Å². The van der Waals surface area contributed by atoms with E-state index in [-0.39, 0.29) is 29.0 Å². The Morgan fingerprint density at radius 3 is 2.23 bits per heavy atom. The van der Waals surface area contributed by atoms with Crippen LogP contribution in [0.4, 0.5) is 0 Å². The number of esters is 1. The van der Waals surface area contributed by atoms with Gasteiger partial charge in [0.1, 0.15) is 6.04 Å². The number of hydrogen-bond donors (Lipinski definition) is 0. The van der Waals surface area contributed by atoms with Gasteiger partial charge in [-0.25, -0.2) is 13.3 Å². The highest BCUT2D eigenvalue weighted by molar-refractivity contribution is 7.89. The van der Waals surface area contributed by atoms with Gasteiger partial charge >= 0.3 is 5.97 Å². The number of halogens is 1. The molecule has 0 bridgehead atoms. The lowest BCUT2D eigenvalue weighted by molar-refractivity contribution is -0.150. The maximum atomic E-state index is 12.9. The number of rotatable bonds is 5. The average molecular weight is 449 g/mol. The fourth-order valence-corrected chi connectivity index (χ4v) is 5.36. The molecule has 0 unspecified atom stereocenters. The maximum absolute atomic E-state index is 12.9. The summed E-state index contributed by atoms with van der Waals surface area (Å²) in [6.45, 7) is -0.408. The molecule has 2 amide bonds. The summed E-state index contributed by atoms with van der Waals surface area (Å²) in [5, 5.41) is 0.396. The zero-order valence-electron chi connectivity index (χ0n) is 15.7. The van der Waals surface area contributed by atoms with Gasteiger partial charge in [0.25, 0.3) is 11.8 Å². The molecule has 4 rings (SSSR count). The summed E-state index contributed by atoms with van der Waals surface area (Å²) in [4.78, 5) is 38.2. The molecule has 1 fully saturated rings. The van der Waals surface area contributed by atoms with Crippen LogP contribution in [0.3, 0.4) is 0 Å². The molecule has 2 aliphatic rings. The molecule has 0 aromatic heterocycles. The molecular weight excluding hydrogens is 432 g/mol. The largest absolute Gasteiger partial charge is 0.442 e. The predicted octanol–water partition coefficient (Wildman–Crippen LogP) is 2.29. The molecular formula is C20H17ClN2O6S. The van der Waals surface area contributed by atoms with Crippen molar-refractivity contribution in [2.75, 3.05) is 13.3 Å². The van der Waals surface area contributed by atoms with Gasteiger partial charge < -0.3 is 4.74 Å². The first kappa shape index (κ1) is 20.5. The van der Waals surface area contributed by atoms with Crippen molar-refractivity contribution in [2.45, 2.75) is 23.8 Å². The molecule has 156 valence electrons. The summed E-state index contributed by atoms with van der Waals surface area (Å²) >= 11 is 5.82. The molecule has 0 radical (unpaired) electrons. The normalized spacial score (nSPS) is 19.2. The average Bonchev–Trinajstić information content (AvgIpc) is 3.32. The van der Waals surface area contributed by atoms with Gasteiger partial charge in [-0.1, -0.05) is 23.7 Å². The lowest BCUT2D eigenvalue weighted by atomic mass is 10.1. The first-order valence-electron chi connectivity index (χ1n) is 9.20. The van der Waals surface area contributed by atoms with Crippen molar-refractivity contribution >= 4 is 39.4 Å². The summed E-state index contributed by atoms with van der Waals surface area (Å²) < 4.78 is 32.1. The summed E-state index contributed by atoms with van der Waals surface area (Å²) in [6, 6.07) is 11.0. The first-order chi connectivity index (χ1) is 14.3. The third-order valence-corrected chi connectivity index (χ3v) is 7.28. The Hall–Kier alpha value is -2.75. The number of nitrogens with zero attached hydrogens (tertiary/aromatic N) is 2. The minimum Gasteiger partial charge on any atom is -0.442 e. The highest BCUT2D eigenvalue weighted by atomic mass is 35.5. The molecule has 30 heavy (non-hydrogen) atoms. The van der Waals surface area contributed by atoms with Crippen LogP contribution in [0, 0.1) is 0 Å². The van der Waals surface area contributed by atoms with Crippen molar-refractivity contribution in [2.24, 2.45) is 0 Å². The molecule has 0 saturated carbocycles. The number of ether oxygens (including phenoxy) is 1. The van der Waals surface area contributed by atoms with Gasteiger partial charge in [0.05, 0.1) is 16.0 Å². The Morgan fingerprint density at radius 2 is 1.63 bits per heavy atom. The summed E-state index contributed by atoms with van der Waals surface area (Å²) in [7, 11) is -3.93. The van der Waals surface area contributed by atoms with Crippen LogP contribution in [0.15, 0.2) is 53.4 Å². The van der Waals surface area contributed by atoms with Gasteiger partial charge in [-0.05, 0) is 49.2 Å². The third-order valence-electron chi connectivity index (χ3n) is 5.11. The van der Waals surface area contributed by atoms with Crippen LogP contribution in [0.1, 0.15) is 33.6 Å². The molecule has 2 aromatic carbocycles. The van der Waals surface area contributed by atoms with Crippen molar-refractivity contribution in [3.05, 3.63) is 64.7 Å². The molecule has 0 spiro atoms. The fourth-order valence-electron chi connectivity index (χ4n) is 3.59. The molecule has 0 aliphatic carbocycles. The Balaban J connectivity index is 1.47. The number of imide groups is 1. The second kappa shape index (κ2) is 7.82. The summed E-state index contributed by atoms with van der Waals surface area (Å²) in [5.41, 5.74) is 0.484. The SMILES string of the molecule is O=C(OCN1C(=O)c2ccccc2C1=O)[C@H]1CCCN1S(=O)(=O)c1ccc(Cl)cc1. The van der Waals surface area contributed by atoms with Gasteiger partial charge in [-0.15, -0.1) is 0 Å². The second-order valence-electron chi connectivity index (χ2n) is 6.90. The molecule has 8 nitrogen and oxygen atoms in total. The molecule has 10 heteroatoms.